The topological polar surface area (TPSA) is 66.8 Å². The molecule has 5 heteroatoms. The summed E-state index contributed by atoms with van der Waals surface area (Å²) < 4.78 is 5.67. The van der Waals surface area contributed by atoms with Crippen LogP contribution in [0.1, 0.15) is 12.8 Å². The SMILES string of the molecule is O=C1[C@@H]2[C@H](C(=O)N1c1cccc(O)c1)[C@H]1CC[C@H]2O1. The maximum atomic E-state index is 12.4. The Morgan fingerprint density at radius 3 is 2.32 bits per heavy atom. The quantitative estimate of drug-likeness (QED) is 0.766. The van der Waals surface area contributed by atoms with Crippen molar-refractivity contribution in [2.75, 3.05) is 4.90 Å². The van der Waals surface area contributed by atoms with E-state index < -0.39 is 0 Å². The van der Waals surface area contributed by atoms with Crippen LogP contribution in [-0.2, 0) is 14.3 Å². The number of hydrogen-bond acceptors (Lipinski definition) is 4. The van der Waals surface area contributed by atoms with E-state index in [-0.39, 0.29) is 41.6 Å². The molecule has 4 rings (SSSR count). The number of nitrogens with zero attached hydrogens (tertiary/aromatic N) is 1. The van der Waals surface area contributed by atoms with Gasteiger partial charge in [0, 0.05) is 6.07 Å². The average molecular weight is 259 g/mol. The minimum absolute atomic E-state index is 0.0504. The van der Waals surface area contributed by atoms with Gasteiger partial charge in [0.1, 0.15) is 5.75 Å². The molecule has 2 amide bonds. The van der Waals surface area contributed by atoms with Crippen LogP contribution in [0, 0.1) is 11.8 Å². The first kappa shape index (κ1) is 11.0. The Labute approximate surface area is 109 Å². The van der Waals surface area contributed by atoms with Crippen LogP contribution in [-0.4, -0.2) is 29.1 Å². The monoisotopic (exact) mass is 259 g/mol. The second kappa shape index (κ2) is 3.57. The van der Waals surface area contributed by atoms with Gasteiger partial charge in [-0.05, 0) is 25.0 Å². The van der Waals surface area contributed by atoms with Gasteiger partial charge in [0.15, 0.2) is 0 Å². The molecule has 3 saturated heterocycles. The molecule has 2 bridgehead atoms. The van der Waals surface area contributed by atoms with E-state index in [0.717, 1.165) is 12.8 Å². The zero-order valence-electron chi connectivity index (χ0n) is 10.2. The Morgan fingerprint density at radius 2 is 1.74 bits per heavy atom. The highest BCUT2D eigenvalue weighted by Gasteiger charge is 2.62. The van der Waals surface area contributed by atoms with Gasteiger partial charge in [-0.15, -0.1) is 0 Å². The number of fused-ring (bicyclic) bond motifs is 5. The highest BCUT2D eigenvalue weighted by molar-refractivity contribution is 6.22. The molecule has 3 aliphatic rings. The lowest BCUT2D eigenvalue weighted by Gasteiger charge is -2.17. The van der Waals surface area contributed by atoms with Crippen LogP contribution in [0.5, 0.6) is 5.75 Å². The number of amides is 2. The summed E-state index contributed by atoms with van der Waals surface area (Å²) in [6.07, 6.45) is 1.51. The molecule has 3 aliphatic heterocycles. The lowest BCUT2D eigenvalue weighted by atomic mass is 9.81. The van der Waals surface area contributed by atoms with Crippen LogP contribution < -0.4 is 4.90 Å². The van der Waals surface area contributed by atoms with Crippen LogP contribution in [0.4, 0.5) is 5.69 Å². The van der Waals surface area contributed by atoms with Crippen LogP contribution >= 0.6 is 0 Å². The number of aromatic hydroxyl groups is 1. The van der Waals surface area contributed by atoms with Crippen molar-refractivity contribution < 1.29 is 19.4 Å². The highest BCUT2D eigenvalue weighted by atomic mass is 16.5. The number of ether oxygens (including phenoxy) is 1. The Bertz CT molecular complexity index is 557. The summed E-state index contributed by atoms with van der Waals surface area (Å²) in [6, 6.07) is 6.26. The van der Waals surface area contributed by atoms with Gasteiger partial charge in [-0.2, -0.15) is 0 Å². The molecule has 3 heterocycles. The van der Waals surface area contributed by atoms with Gasteiger partial charge < -0.3 is 9.84 Å². The Kier molecular flexibility index (Phi) is 2.07. The van der Waals surface area contributed by atoms with Gasteiger partial charge in [0.05, 0.1) is 29.7 Å². The van der Waals surface area contributed by atoms with Crippen molar-refractivity contribution in [2.45, 2.75) is 25.0 Å². The zero-order valence-corrected chi connectivity index (χ0v) is 10.2. The van der Waals surface area contributed by atoms with Crippen molar-refractivity contribution in [2.24, 2.45) is 11.8 Å². The molecule has 4 atom stereocenters. The fraction of sp³-hybridized carbons (Fsp3) is 0.429. The number of hydrogen-bond donors (Lipinski definition) is 1. The van der Waals surface area contributed by atoms with Crippen molar-refractivity contribution in [3.8, 4) is 5.75 Å². The third-order valence-electron chi connectivity index (χ3n) is 4.37. The molecule has 1 aromatic carbocycles. The molecule has 0 saturated carbocycles. The molecule has 1 N–H and O–H groups in total. The molecular formula is C14H13NO4. The summed E-state index contributed by atoms with van der Waals surface area (Å²) in [5.41, 5.74) is 0.448. The van der Waals surface area contributed by atoms with E-state index >= 15 is 0 Å². The first-order valence-corrected chi connectivity index (χ1v) is 6.49. The standard InChI is InChI=1S/C14H13NO4/c16-8-3-1-2-7(6-8)15-13(17)11-9-4-5-10(19-9)12(11)14(15)18/h1-3,6,9-12,16H,4-5H2/t9-,10-,11-,12+/m1/s1. The van der Waals surface area contributed by atoms with Crippen molar-refractivity contribution in [1.82, 2.24) is 0 Å². The summed E-state index contributed by atoms with van der Waals surface area (Å²) in [7, 11) is 0. The second-order valence-corrected chi connectivity index (χ2v) is 5.37. The van der Waals surface area contributed by atoms with Crippen molar-refractivity contribution >= 4 is 17.5 Å². The molecule has 0 radical (unpaired) electrons. The second-order valence-electron chi connectivity index (χ2n) is 5.37. The van der Waals surface area contributed by atoms with E-state index in [1.807, 2.05) is 0 Å². The van der Waals surface area contributed by atoms with Crippen molar-refractivity contribution in [3.05, 3.63) is 24.3 Å². The summed E-state index contributed by atoms with van der Waals surface area (Å²) in [4.78, 5) is 26.1. The number of carbonyl (C=O) groups is 2. The fourth-order valence-corrected chi connectivity index (χ4v) is 3.60. The highest BCUT2D eigenvalue weighted by Crippen LogP contribution is 2.49. The smallest absolute Gasteiger partial charge is 0.240 e. The summed E-state index contributed by atoms with van der Waals surface area (Å²) >= 11 is 0. The van der Waals surface area contributed by atoms with Crippen molar-refractivity contribution in [1.29, 1.82) is 0 Å². The average Bonchev–Trinajstić information content (AvgIpc) is 3.04. The van der Waals surface area contributed by atoms with E-state index in [1.165, 1.54) is 17.0 Å². The predicted molar refractivity (Wildman–Crippen MR) is 65.5 cm³/mol. The van der Waals surface area contributed by atoms with E-state index in [1.54, 1.807) is 12.1 Å². The third kappa shape index (κ3) is 1.33. The lowest BCUT2D eigenvalue weighted by molar-refractivity contribution is -0.124. The molecule has 0 unspecified atom stereocenters. The Morgan fingerprint density at radius 1 is 1.11 bits per heavy atom. The predicted octanol–water partition coefficient (Wildman–Crippen LogP) is 1.06. The van der Waals surface area contributed by atoms with Gasteiger partial charge in [-0.3, -0.25) is 9.59 Å². The van der Waals surface area contributed by atoms with Crippen molar-refractivity contribution in [3.63, 3.8) is 0 Å². The van der Waals surface area contributed by atoms with E-state index in [9.17, 15) is 14.7 Å². The van der Waals surface area contributed by atoms with Crippen LogP contribution in [0.3, 0.4) is 0 Å². The number of phenolic OH excluding ortho intramolecular Hbond substituents is 1. The zero-order chi connectivity index (χ0) is 13.1. The Hall–Kier alpha value is -1.88. The molecular weight excluding hydrogens is 246 g/mol. The number of rotatable bonds is 1. The van der Waals surface area contributed by atoms with Gasteiger partial charge >= 0.3 is 0 Å². The van der Waals surface area contributed by atoms with Crippen LogP contribution in [0.15, 0.2) is 24.3 Å². The molecule has 3 fully saturated rings. The largest absolute Gasteiger partial charge is 0.508 e. The number of anilines is 1. The Balaban J connectivity index is 1.75. The van der Waals surface area contributed by atoms with Crippen LogP contribution in [0.25, 0.3) is 0 Å². The first-order chi connectivity index (χ1) is 9.16. The van der Waals surface area contributed by atoms with Gasteiger partial charge in [0.2, 0.25) is 11.8 Å². The lowest BCUT2D eigenvalue weighted by Crippen LogP contribution is -2.34. The van der Waals surface area contributed by atoms with E-state index in [4.69, 9.17) is 4.74 Å². The molecule has 0 aliphatic carbocycles. The minimum Gasteiger partial charge on any atom is -0.508 e. The maximum Gasteiger partial charge on any atom is 0.240 e. The molecule has 0 spiro atoms. The molecule has 1 aromatic rings. The van der Waals surface area contributed by atoms with Crippen LogP contribution in [0.2, 0.25) is 0 Å². The number of benzene rings is 1. The molecule has 5 nitrogen and oxygen atoms in total. The van der Waals surface area contributed by atoms with E-state index in [0.29, 0.717) is 5.69 Å². The number of carbonyl (C=O) groups excluding carboxylic acids is 2. The van der Waals surface area contributed by atoms with Gasteiger partial charge in [-0.1, -0.05) is 6.07 Å². The first-order valence-electron chi connectivity index (χ1n) is 6.49. The molecule has 0 aromatic heterocycles. The summed E-state index contributed by atoms with van der Waals surface area (Å²) in [6.45, 7) is 0. The minimum atomic E-state index is -0.325. The van der Waals surface area contributed by atoms with E-state index in [2.05, 4.69) is 0 Å². The summed E-state index contributed by atoms with van der Waals surface area (Å²) in [5.74, 6) is -0.975. The summed E-state index contributed by atoms with van der Waals surface area (Å²) in [5, 5.41) is 9.49. The maximum absolute atomic E-state index is 12.4. The van der Waals surface area contributed by atoms with Gasteiger partial charge in [0.25, 0.3) is 0 Å². The van der Waals surface area contributed by atoms with Gasteiger partial charge in [-0.25, -0.2) is 4.90 Å². The normalized spacial score (nSPS) is 36.1. The molecule has 19 heavy (non-hydrogen) atoms. The fourth-order valence-electron chi connectivity index (χ4n) is 3.60. The molecule has 98 valence electrons. The third-order valence-corrected chi connectivity index (χ3v) is 4.37. The number of phenols is 1. The number of imide groups is 1.